The first-order valence-electron chi connectivity index (χ1n) is 16.2. The Morgan fingerprint density at radius 1 is 0.489 bits per heavy atom. The average Bonchev–Trinajstić information content (AvgIpc) is 3.09. The Kier molecular flexibility index (Phi) is 7.89. The molecule has 0 saturated carbocycles. The molecule has 45 heavy (non-hydrogen) atoms. The fourth-order valence-electron chi connectivity index (χ4n) is 6.84. The Balaban J connectivity index is 1.51. The van der Waals surface area contributed by atoms with E-state index in [1.807, 2.05) is 0 Å². The van der Waals surface area contributed by atoms with E-state index in [0.29, 0.717) is 0 Å². The molecule has 0 atom stereocenters. The monoisotopic (exact) mass is 578 g/mol. The largest absolute Gasteiger partial charge is 0.0842 e. The number of hydrogen-bond acceptors (Lipinski definition) is 0. The van der Waals surface area contributed by atoms with Crippen LogP contribution in [0.1, 0.15) is 37.8 Å². The van der Waals surface area contributed by atoms with Gasteiger partial charge in [-0.15, -0.1) is 0 Å². The van der Waals surface area contributed by atoms with Crippen molar-refractivity contribution in [2.24, 2.45) is 0 Å². The summed E-state index contributed by atoms with van der Waals surface area (Å²) in [5.74, 6) is 0. The van der Waals surface area contributed by atoms with Gasteiger partial charge in [-0.2, -0.15) is 0 Å². The minimum atomic E-state index is 1.00. The maximum Gasteiger partial charge on any atom is -0.00201 e. The van der Waals surface area contributed by atoms with Crippen LogP contribution in [0.5, 0.6) is 0 Å². The summed E-state index contributed by atoms with van der Waals surface area (Å²) in [5, 5.41) is 7.66. The second-order valence-electron chi connectivity index (χ2n) is 11.9. The van der Waals surface area contributed by atoms with Gasteiger partial charge < -0.3 is 0 Å². The van der Waals surface area contributed by atoms with Crippen LogP contribution >= 0.6 is 0 Å². The molecule has 0 N–H and O–H groups in total. The Morgan fingerprint density at radius 3 is 1.67 bits per heavy atom. The number of allylic oxidation sites excluding steroid dienone is 4. The van der Waals surface area contributed by atoms with Crippen molar-refractivity contribution in [2.75, 3.05) is 0 Å². The van der Waals surface area contributed by atoms with Crippen LogP contribution in [0.15, 0.2) is 152 Å². The fourth-order valence-corrected chi connectivity index (χ4v) is 6.84. The second kappa shape index (κ2) is 12.4. The van der Waals surface area contributed by atoms with Crippen molar-refractivity contribution in [3.05, 3.63) is 163 Å². The first kappa shape index (κ1) is 28.6. The first-order valence-corrected chi connectivity index (χ1v) is 16.2. The lowest BCUT2D eigenvalue weighted by molar-refractivity contribution is 1.21. The summed E-state index contributed by atoms with van der Waals surface area (Å²) in [6, 6.07) is 49.5. The van der Waals surface area contributed by atoms with E-state index in [9.17, 15) is 0 Å². The third kappa shape index (κ3) is 5.28. The number of aryl methyl sites for hydroxylation is 1. The Hall–Kier alpha value is -5.20. The van der Waals surface area contributed by atoms with E-state index < -0.39 is 0 Å². The number of fused-ring (bicyclic) bond motifs is 3. The second-order valence-corrected chi connectivity index (χ2v) is 11.9. The number of hydrogen-bond donors (Lipinski definition) is 0. The van der Waals surface area contributed by atoms with Gasteiger partial charge in [0.05, 0.1) is 0 Å². The van der Waals surface area contributed by atoms with Crippen LogP contribution in [-0.4, -0.2) is 0 Å². The number of rotatable bonds is 7. The minimum absolute atomic E-state index is 1.00. The molecule has 0 saturated heterocycles. The highest BCUT2D eigenvalue weighted by Crippen LogP contribution is 2.46. The van der Waals surface area contributed by atoms with Crippen molar-refractivity contribution in [3.63, 3.8) is 0 Å². The van der Waals surface area contributed by atoms with Crippen LogP contribution in [0.3, 0.4) is 0 Å². The highest BCUT2D eigenvalue weighted by atomic mass is 14.2. The lowest BCUT2D eigenvalue weighted by atomic mass is 9.83. The summed E-state index contributed by atoms with van der Waals surface area (Å²) in [6.45, 7) is 6.54. The molecule has 0 aliphatic heterocycles. The number of benzene rings is 7. The van der Waals surface area contributed by atoms with Crippen LogP contribution in [0.25, 0.3) is 71.3 Å². The van der Waals surface area contributed by atoms with Crippen LogP contribution in [-0.2, 0) is 0 Å². The fraction of sp³-hybridized carbons (Fsp3) is 0.111. The smallest absolute Gasteiger partial charge is 0.00201 e. The lowest BCUT2D eigenvalue weighted by Crippen LogP contribution is -1.93. The molecule has 0 unspecified atom stereocenters. The molecule has 0 fully saturated rings. The van der Waals surface area contributed by atoms with Crippen molar-refractivity contribution in [2.45, 2.75) is 33.6 Å². The van der Waals surface area contributed by atoms with Gasteiger partial charge in [0.1, 0.15) is 0 Å². The lowest BCUT2D eigenvalue weighted by Gasteiger charge is -2.19. The molecule has 0 amide bonds. The van der Waals surface area contributed by atoms with Gasteiger partial charge in [0.25, 0.3) is 0 Å². The van der Waals surface area contributed by atoms with Gasteiger partial charge in [-0.1, -0.05) is 165 Å². The van der Waals surface area contributed by atoms with Crippen LogP contribution in [0, 0.1) is 6.92 Å². The van der Waals surface area contributed by atoms with Gasteiger partial charge in [0.15, 0.2) is 0 Å². The topological polar surface area (TPSA) is 0 Å². The van der Waals surface area contributed by atoms with Gasteiger partial charge in [-0.25, -0.2) is 0 Å². The maximum absolute atomic E-state index is 2.38. The molecule has 0 bridgehead atoms. The van der Waals surface area contributed by atoms with E-state index >= 15 is 0 Å². The third-order valence-electron chi connectivity index (χ3n) is 8.93. The molecule has 0 aromatic heterocycles. The van der Waals surface area contributed by atoms with E-state index in [4.69, 9.17) is 0 Å². The summed E-state index contributed by atoms with van der Waals surface area (Å²) >= 11 is 0. The zero-order chi connectivity index (χ0) is 30.8. The van der Waals surface area contributed by atoms with Crippen molar-refractivity contribution >= 4 is 37.9 Å². The normalized spacial score (nSPS) is 12.1. The zero-order valence-corrected chi connectivity index (χ0v) is 26.3. The van der Waals surface area contributed by atoms with E-state index in [1.54, 1.807) is 0 Å². The Bertz CT molecular complexity index is 2170. The predicted octanol–water partition coefficient (Wildman–Crippen LogP) is 13.2. The molecule has 0 spiro atoms. The third-order valence-corrected chi connectivity index (χ3v) is 8.93. The van der Waals surface area contributed by atoms with Crippen molar-refractivity contribution in [1.29, 1.82) is 0 Å². The zero-order valence-electron chi connectivity index (χ0n) is 26.3. The maximum atomic E-state index is 2.38. The van der Waals surface area contributed by atoms with Crippen molar-refractivity contribution in [3.8, 4) is 33.4 Å². The van der Waals surface area contributed by atoms with Gasteiger partial charge in [-0.05, 0) is 103 Å². The summed E-state index contributed by atoms with van der Waals surface area (Å²) in [4.78, 5) is 0. The summed E-state index contributed by atoms with van der Waals surface area (Å²) in [7, 11) is 0. The summed E-state index contributed by atoms with van der Waals surface area (Å²) in [5.41, 5.74) is 11.4. The quantitative estimate of drug-likeness (QED) is 0.130. The standard InChI is InChI=1S/C45H38/c1-4-6-15-32(14-5-2)34-16-11-17-35(30-34)44-40-18-7-9-20-42(40)45(43-21-10-8-19-41(43)44)39-25-13-23-37-36(22-12-24-38(37)39)33-28-26-31(3)27-29-33/h6-30H,4-5H2,1-3H3/b15-6-,32-14+. The SMILES string of the molecule is CC/C=C\C(=C/CC)c1cccc(-c2c3ccccc3c(-c3cccc4c(-c5ccc(C)cc5)cccc34)c3ccccc23)c1. The van der Waals surface area contributed by atoms with Gasteiger partial charge in [0.2, 0.25) is 0 Å². The van der Waals surface area contributed by atoms with E-state index in [-0.39, 0.29) is 0 Å². The molecule has 0 heteroatoms. The molecule has 7 aromatic carbocycles. The summed E-state index contributed by atoms with van der Waals surface area (Å²) < 4.78 is 0. The van der Waals surface area contributed by atoms with Crippen LogP contribution in [0.2, 0.25) is 0 Å². The summed E-state index contributed by atoms with van der Waals surface area (Å²) in [6.07, 6.45) is 8.88. The molecule has 7 rings (SSSR count). The molecule has 0 radical (unpaired) electrons. The van der Waals surface area contributed by atoms with E-state index in [2.05, 4.69) is 172 Å². The molecule has 218 valence electrons. The van der Waals surface area contributed by atoms with Crippen molar-refractivity contribution < 1.29 is 0 Å². The van der Waals surface area contributed by atoms with E-state index in [0.717, 1.165) is 12.8 Å². The predicted molar refractivity (Wildman–Crippen MR) is 198 cm³/mol. The molecular weight excluding hydrogens is 540 g/mol. The minimum Gasteiger partial charge on any atom is -0.0842 e. The van der Waals surface area contributed by atoms with Crippen molar-refractivity contribution in [1.82, 2.24) is 0 Å². The molecular formula is C45H38. The van der Waals surface area contributed by atoms with Crippen LogP contribution in [0.4, 0.5) is 0 Å². The van der Waals surface area contributed by atoms with Gasteiger partial charge in [0, 0.05) is 0 Å². The highest BCUT2D eigenvalue weighted by Gasteiger charge is 2.18. The average molecular weight is 579 g/mol. The Morgan fingerprint density at radius 2 is 1.04 bits per heavy atom. The van der Waals surface area contributed by atoms with Crippen LogP contribution < -0.4 is 0 Å². The Labute approximate surface area is 267 Å². The highest BCUT2D eigenvalue weighted by molar-refractivity contribution is 6.24. The van der Waals surface area contributed by atoms with Gasteiger partial charge >= 0.3 is 0 Å². The van der Waals surface area contributed by atoms with E-state index in [1.165, 1.54) is 82.4 Å². The molecule has 0 heterocycles. The first-order chi connectivity index (χ1) is 22.2. The molecule has 7 aromatic rings. The molecule has 0 aliphatic carbocycles. The molecule has 0 aliphatic rings. The molecule has 0 nitrogen and oxygen atoms in total. The van der Waals surface area contributed by atoms with Gasteiger partial charge in [-0.3, -0.25) is 0 Å².